The highest BCUT2D eigenvalue weighted by molar-refractivity contribution is 5.28. The standard InChI is InChI=1S/C21H24F3N/c1-2-3-4-14-5-10-17(19(22)13-14)15-6-8-16(9-7-15)18-11-12-20(23)25-21(18)24/h5,10-13,15-16H,2-4,6-9H2,1H3. The highest BCUT2D eigenvalue weighted by Gasteiger charge is 2.27. The van der Waals surface area contributed by atoms with Crippen molar-refractivity contribution in [1.29, 1.82) is 0 Å². The summed E-state index contributed by atoms with van der Waals surface area (Å²) in [6.45, 7) is 2.13. The minimum absolute atomic E-state index is 0.0382. The minimum atomic E-state index is -0.792. The van der Waals surface area contributed by atoms with Gasteiger partial charge in [-0.1, -0.05) is 25.5 Å². The van der Waals surface area contributed by atoms with E-state index in [0.29, 0.717) is 5.56 Å². The van der Waals surface area contributed by atoms with Crippen LogP contribution in [0.3, 0.4) is 0 Å². The van der Waals surface area contributed by atoms with E-state index >= 15 is 0 Å². The van der Waals surface area contributed by atoms with Crippen LogP contribution in [-0.4, -0.2) is 4.98 Å². The van der Waals surface area contributed by atoms with Crippen LogP contribution in [0, 0.1) is 17.7 Å². The molecule has 1 nitrogen and oxygen atoms in total. The number of hydrogen-bond acceptors (Lipinski definition) is 1. The van der Waals surface area contributed by atoms with Crippen LogP contribution in [0.2, 0.25) is 0 Å². The van der Waals surface area contributed by atoms with E-state index < -0.39 is 11.9 Å². The van der Waals surface area contributed by atoms with Gasteiger partial charge < -0.3 is 0 Å². The molecule has 1 fully saturated rings. The molecule has 0 atom stereocenters. The maximum Gasteiger partial charge on any atom is 0.218 e. The van der Waals surface area contributed by atoms with Gasteiger partial charge in [0.05, 0.1) is 0 Å². The number of rotatable bonds is 5. The second-order valence-electron chi connectivity index (χ2n) is 7.02. The predicted molar refractivity (Wildman–Crippen MR) is 93.1 cm³/mol. The summed E-state index contributed by atoms with van der Waals surface area (Å²) in [7, 11) is 0. The van der Waals surface area contributed by atoms with Gasteiger partial charge in [-0.05, 0) is 79.7 Å². The first-order valence-electron chi connectivity index (χ1n) is 9.18. The number of aromatic nitrogens is 1. The molecule has 0 unspecified atom stereocenters. The summed E-state index contributed by atoms with van der Waals surface area (Å²) in [4.78, 5) is 3.28. The van der Waals surface area contributed by atoms with Crippen molar-refractivity contribution >= 4 is 0 Å². The van der Waals surface area contributed by atoms with Crippen LogP contribution in [0.5, 0.6) is 0 Å². The minimum Gasteiger partial charge on any atom is -0.207 e. The normalized spacial score (nSPS) is 20.6. The van der Waals surface area contributed by atoms with E-state index in [4.69, 9.17) is 0 Å². The van der Waals surface area contributed by atoms with Gasteiger partial charge in [0.15, 0.2) is 0 Å². The van der Waals surface area contributed by atoms with Crippen molar-refractivity contribution in [2.45, 2.75) is 63.7 Å². The first-order chi connectivity index (χ1) is 12.1. The highest BCUT2D eigenvalue weighted by atomic mass is 19.1. The topological polar surface area (TPSA) is 12.9 Å². The van der Waals surface area contributed by atoms with Gasteiger partial charge in [0.1, 0.15) is 5.82 Å². The summed E-state index contributed by atoms with van der Waals surface area (Å²) < 4.78 is 41.3. The van der Waals surface area contributed by atoms with E-state index in [2.05, 4.69) is 11.9 Å². The van der Waals surface area contributed by atoms with Gasteiger partial charge in [-0.15, -0.1) is 0 Å². The second-order valence-corrected chi connectivity index (χ2v) is 7.02. The average molecular weight is 347 g/mol. The largest absolute Gasteiger partial charge is 0.218 e. The molecule has 0 spiro atoms. The van der Waals surface area contributed by atoms with Crippen molar-refractivity contribution in [2.75, 3.05) is 0 Å². The van der Waals surface area contributed by atoms with Gasteiger partial charge in [-0.2, -0.15) is 13.8 Å². The fourth-order valence-corrected chi connectivity index (χ4v) is 3.88. The van der Waals surface area contributed by atoms with Crippen molar-refractivity contribution in [3.8, 4) is 0 Å². The Bertz CT molecular complexity index is 721. The number of pyridine rings is 1. The van der Waals surface area contributed by atoms with Gasteiger partial charge in [-0.25, -0.2) is 4.39 Å². The molecule has 4 heteroatoms. The second kappa shape index (κ2) is 8.03. The molecular weight excluding hydrogens is 323 g/mol. The maximum atomic E-state index is 14.5. The summed E-state index contributed by atoms with van der Waals surface area (Å²) in [5.41, 5.74) is 2.31. The predicted octanol–water partition coefficient (Wildman–Crippen LogP) is 6.28. The smallest absolute Gasteiger partial charge is 0.207 e. The van der Waals surface area contributed by atoms with Gasteiger partial charge >= 0.3 is 0 Å². The van der Waals surface area contributed by atoms with Crippen molar-refractivity contribution < 1.29 is 13.2 Å². The van der Waals surface area contributed by atoms with E-state index in [-0.39, 0.29) is 17.7 Å². The zero-order chi connectivity index (χ0) is 17.8. The maximum absolute atomic E-state index is 14.5. The molecule has 1 aliphatic rings. The Hall–Kier alpha value is -1.84. The Balaban J connectivity index is 1.66. The van der Waals surface area contributed by atoms with Crippen molar-refractivity contribution in [1.82, 2.24) is 4.98 Å². The SMILES string of the molecule is CCCCc1ccc(C2CCC(c3ccc(F)nc3F)CC2)c(F)c1. The molecule has 0 radical (unpaired) electrons. The highest BCUT2D eigenvalue weighted by Crippen LogP contribution is 2.41. The lowest BCUT2D eigenvalue weighted by molar-refractivity contribution is 0.374. The Morgan fingerprint density at radius 1 is 0.920 bits per heavy atom. The summed E-state index contributed by atoms with van der Waals surface area (Å²) in [5.74, 6) is -1.41. The van der Waals surface area contributed by atoms with Crippen LogP contribution in [0.1, 0.15) is 74.0 Å². The average Bonchev–Trinajstić information content (AvgIpc) is 2.60. The van der Waals surface area contributed by atoms with Crippen LogP contribution >= 0.6 is 0 Å². The van der Waals surface area contributed by atoms with E-state index in [1.165, 1.54) is 12.1 Å². The van der Waals surface area contributed by atoms with Crippen LogP contribution < -0.4 is 0 Å². The number of benzene rings is 1. The fraction of sp³-hybridized carbons (Fsp3) is 0.476. The zero-order valence-electron chi connectivity index (χ0n) is 14.6. The third-order valence-electron chi connectivity index (χ3n) is 5.33. The molecule has 134 valence electrons. The van der Waals surface area contributed by atoms with Crippen molar-refractivity contribution in [3.63, 3.8) is 0 Å². The molecule has 25 heavy (non-hydrogen) atoms. The molecule has 1 heterocycles. The van der Waals surface area contributed by atoms with Gasteiger partial charge in [-0.3, -0.25) is 0 Å². The Kier molecular flexibility index (Phi) is 5.77. The lowest BCUT2D eigenvalue weighted by Crippen LogP contribution is -2.15. The van der Waals surface area contributed by atoms with E-state index in [1.54, 1.807) is 6.07 Å². The van der Waals surface area contributed by atoms with Crippen molar-refractivity contribution in [2.24, 2.45) is 0 Å². The zero-order valence-corrected chi connectivity index (χ0v) is 14.6. The monoisotopic (exact) mass is 347 g/mol. The quantitative estimate of drug-likeness (QED) is 0.580. The van der Waals surface area contributed by atoms with Crippen LogP contribution in [0.25, 0.3) is 0 Å². The van der Waals surface area contributed by atoms with Gasteiger partial charge in [0, 0.05) is 5.56 Å². The van der Waals surface area contributed by atoms with E-state index in [1.807, 2.05) is 12.1 Å². The molecular formula is C21H24F3N. The number of halogens is 3. The summed E-state index contributed by atoms with van der Waals surface area (Å²) in [6.07, 6.45) is 6.25. The molecule has 0 N–H and O–H groups in total. The molecule has 3 rings (SSSR count). The summed E-state index contributed by atoms with van der Waals surface area (Å²) in [5, 5.41) is 0. The number of nitrogens with zero attached hydrogens (tertiary/aromatic N) is 1. The molecule has 1 aliphatic carbocycles. The Labute approximate surface area is 147 Å². The van der Waals surface area contributed by atoms with Crippen LogP contribution in [0.4, 0.5) is 13.2 Å². The van der Waals surface area contributed by atoms with E-state index in [0.717, 1.165) is 56.1 Å². The lowest BCUT2D eigenvalue weighted by atomic mass is 9.76. The van der Waals surface area contributed by atoms with Crippen LogP contribution in [-0.2, 0) is 6.42 Å². The van der Waals surface area contributed by atoms with E-state index in [9.17, 15) is 13.2 Å². The molecule has 1 saturated carbocycles. The third-order valence-corrected chi connectivity index (χ3v) is 5.33. The first kappa shape index (κ1) is 18.0. The molecule has 0 aliphatic heterocycles. The van der Waals surface area contributed by atoms with Crippen molar-refractivity contribution in [3.05, 3.63) is 64.7 Å². The summed E-state index contributed by atoms with van der Waals surface area (Å²) in [6, 6.07) is 8.32. The number of hydrogen-bond donors (Lipinski definition) is 0. The Morgan fingerprint density at radius 3 is 2.16 bits per heavy atom. The third kappa shape index (κ3) is 4.23. The summed E-state index contributed by atoms with van der Waals surface area (Å²) >= 11 is 0. The molecule has 1 aromatic carbocycles. The molecule has 0 bridgehead atoms. The molecule has 0 amide bonds. The number of aryl methyl sites for hydroxylation is 1. The molecule has 2 aromatic rings. The van der Waals surface area contributed by atoms with Gasteiger partial charge in [0.2, 0.25) is 11.9 Å². The first-order valence-corrected chi connectivity index (χ1v) is 9.18. The lowest BCUT2D eigenvalue weighted by Gasteiger charge is -2.29. The molecule has 1 aromatic heterocycles. The van der Waals surface area contributed by atoms with Gasteiger partial charge in [0.25, 0.3) is 0 Å². The van der Waals surface area contributed by atoms with Crippen LogP contribution in [0.15, 0.2) is 30.3 Å². The fourth-order valence-electron chi connectivity index (χ4n) is 3.88. The Morgan fingerprint density at radius 2 is 1.56 bits per heavy atom. The molecule has 0 saturated heterocycles. The number of unbranched alkanes of at least 4 members (excludes halogenated alkanes) is 1.